The van der Waals surface area contributed by atoms with E-state index in [1.54, 1.807) is 6.07 Å². The fourth-order valence-corrected chi connectivity index (χ4v) is 1.83. The zero-order chi connectivity index (χ0) is 13.9. The highest BCUT2D eigenvalue weighted by atomic mass is 19.1. The van der Waals surface area contributed by atoms with Gasteiger partial charge in [0.15, 0.2) is 0 Å². The molecule has 0 fully saturated rings. The van der Waals surface area contributed by atoms with Crippen molar-refractivity contribution >= 4 is 0 Å². The van der Waals surface area contributed by atoms with E-state index in [9.17, 15) is 4.39 Å². The summed E-state index contributed by atoms with van der Waals surface area (Å²) in [6, 6.07) is 6.86. The van der Waals surface area contributed by atoms with Crippen molar-refractivity contribution < 1.29 is 4.39 Å². The highest BCUT2D eigenvalue weighted by Crippen LogP contribution is 2.24. The van der Waals surface area contributed by atoms with Crippen LogP contribution in [0.4, 0.5) is 4.39 Å². The summed E-state index contributed by atoms with van der Waals surface area (Å²) in [6.07, 6.45) is 0. The van der Waals surface area contributed by atoms with E-state index < -0.39 is 0 Å². The molecule has 1 atom stereocenters. The quantitative estimate of drug-likeness (QED) is 0.817. The van der Waals surface area contributed by atoms with Gasteiger partial charge in [-0.25, -0.2) is 4.39 Å². The molecule has 0 aromatic heterocycles. The van der Waals surface area contributed by atoms with Gasteiger partial charge in [-0.2, -0.15) is 5.26 Å². The number of rotatable bonds is 3. The second kappa shape index (κ2) is 5.49. The summed E-state index contributed by atoms with van der Waals surface area (Å²) in [6.45, 7) is 9.13. The molecule has 0 aliphatic rings. The van der Waals surface area contributed by atoms with Gasteiger partial charge in [-0.3, -0.25) is 4.90 Å². The Morgan fingerprint density at radius 3 is 2.50 bits per heavy atom. The van der Waals surface area contributed by atoms with Crippen LogP contribution in [0, 0.1) is 22.6 Å². The Kier molecular flexibility index (Phi) is 4.48. The summed E-state index contributed by atoms with van der Waals surface area (Å²) in [5, 5.41) is 8.84. The number of benzene rings is 1. The third kappa shape index (κ3) is 3.54. The van der Waals surface area contributed by atoms with Gasteiger partial charge in [0.05, 0.1) is 11.6 Å². The molecule has 0 aliphatic carbocycles. The largest absolute Gasteiger partial charge is 0.299 e. The summed E-state index contributed by atoms with van der Waals surface area (Å²) < 4.78 is 13.7. The summed E-state index contributed by atoms with van der Waals surface area (Å²) in [7, 11) is 1.98. The van der Waals surface area contributed by atoms with Gasteiger partial charge in [0.25, 0.3) is 0 Å². The fourth-order valence-electron chi connectivity index (χ4n) is 1.83. The SMILES string of the molecule is CC(N(C)Cc1cc(C#N)ccc1F)C(C)(C)C. The summed E-state index contributed by atoms with van der Waals surface area (Å²) >= 11 is 0. The van der Waals surface area contributed by atoms with Gasteiger partial charge in [-0.1, -0.05) is 20.8 Å². The molecule has 0 radical (unpaired) electrons. The molecule has 0 saturated carbocycles. The maximum absolute atomic E-state index is 13.7. The predicted molar refractivity (Wildman–Crippen MR) is 71.5 cm³/mol. The lowest BCUT2D eigenvalue weighted by atomic mass is 9.87. The van der Waals surface area contributed by atoms with Crippen LogP contribution in [-0.4, -0.2) is 18.0 Å². The molecular formula is C15H21FN2. The van der Waals surface area contributed by atoms with E-state index in [0.29, 0.717) is 23.7 Å². The Balaban J connectivity index is 2.88. The molecule has 0 aliphatic heterocycles. The van der Waals surface area contributed by atoms with Crippen LogP contribution >= 0.6 is 0 Å². The van der Waals surface area contributed by atoms with E-state index in [4.69, 9.17) is 5.26 Å². The van der Waals surface area contributed by atoms with Crippen LogP contribution in [0.3, 0.4) is 0 Å². The van der Waals surface area contributed by atoms with Crippen molar-refractivity contribution in [3.63, 3.8) is 0 Å². The number of hydrogen-bond donors (Lipinski definition) is 0. The molecule has 98 valence electrons. The summed E-state index contributed by atoms with van der Waals surface area (Å²) in [4.78, 5) is 2.11. The van der Waals surface area contributed by atoms with Gasteiger partial charge < -0.3 is 0 Å². The lowest BCUT2D eigenvalue weighted by Crippen LogP contribution is -2.38. The number of nitriles is 1. The molecule has 0 spiro atoms. The monoisotopic (exact) mass is 248 g/mol. The van der Waals surface area contributed by atoms with Crippen molar-refractivity contribution in [1.82, 2.24) is 4.90 Å². The molecule has 18 heavy (non-hydrogen) atoms. The van der Waals surface area contributed by atoms with E-state index in [1.807, 2.05) is 13.1 Å². The van der Waals surface area contributed by atoms with Gasteiger partial charge in [0, 0.05) is 18.2 Å². The lowest BCUT2D eigenvalue weighted by Gasteiger charge is -2.35. The molecule has 0 saturated heterocycles. The normalized spacial score (nSPS) is 13.4. The van der Waals surface area contributed by atoms with Crippen LogP contribution in [0.15, 0.2) is 18.2 Å². The second-order valence-corrected chi connectivity index (χ2v) is 5.88. The Hall–Kier alpha value is -1.40. The number of hydrogen-bond acceptors (Lipinski definition) is 2. The highest BCUT2D eigenvalue weighted by molar-refractivity contribution is 5.33. The van der Waals surface area contributed by atoms with Crippen LogP contribution in [0.2, 0.25) is 0 Å². The van der Waals surface area contributed by atoms with Crippen LogP contribution < -0.4 is 0 Å². The minimum atomic E-state index is -0.248. The smallest absolute Gasteiger partial charge is 0.127 e. The average Bonchev–Trinajstić information content (AvgIpc) is 2.29. The van der Waals surface area contributed by atoms with Crippen molar-refractivity contribution in [2.75, 3.05) is 7.05 Å². The molecule has 0 N–H and O–H groups in total. The van der Waals surface area contributed by atoms with Crippen LogP contribution in [0.1, 0.15) is 38.8 Å². The first kappa shape index (κ1) is 14.7. The Morgan fingerprint density at radius 2 is 2.00 bits per heavy atom. The molecule has 1 unspecified atom stereocenters. The van der Waals surface area contributed by atoms with Crippen LogP contribution in [-0.2, 0) is 6.54 Å². The van der Waals surface area contributed by atoms with Gasteiger partial charge >= 0.3 is 0 Å². The van der Waals surface area contributed by atoms with E-state index in [2.05, 4.69) is 32.6 Å². The molecule has 0 heterocycles. The molecule has 0 amide bonds. The van der Waals surface area contributed by atoms with E-state index in [0.717, 1.165) is 0 Å². The Bertz CT molecular complexity index is 455. The first-order chi connectivity index (χ1) is 8.25. The zero-order valence-corrected chi connectivity index (χ0v) is 11.8. The number of halogens is 1. The number of nitrogens with zero attached hydrogens (tertiary/aromatic N) is 2. The maximum Gasteiger partial charge on any atom is 0.127 e. The zero-order valence-electron chi connectivity index (χ0n) is 11.8. The Labute approximate surface area is 109 Å². The molecule has 0 bridgehead atoms. The molecule has 1 rings (SSSR count). The topological polar surface area (TPSA) is 27.0 Å². The minimum Gasteiger partial charge on any atom is -0.299 e. The van der Waals surface area contributed by atoms with Crippen LogP contribution in [0.25, 0.3) is 0 Å². The maximum atomic E-state index is 13.7. The molecular weight excluding hydrogens is 227 g/mol. The van der Waals surface area contributed by atoms with Crippen molar-refractivity contribution in [2.24, 2.45) is 5.41 Å². The van der Waals surface area contributed by atoms with Gasteiger partial charge in [-0.15, -0.1) is 0 Å². The van der Waals surface area contributed by atoms with Crippen molar-refractivity contribution in [2.45, 2.75) is 40.3 Å². The molecule has 1 aromatic carbocycles. The predicted octanol–water partition coefficient (Wildman–Crippen LogP) is 3.56. The third-order valence-electron chi connectivity index (χ3n) is 3.51. The second-order valence-electron chi connectivity index (χ2n) is 5.88. The summed E-state index contributed by atoms with van der Waals surface area (Å²) in [5.41, 5.74) is 1.22. The highest BCUT2D eigenvalue weighted by Gasteiger charge is 2.24. The van der Waals surface area contributed by atoms with Crippen molar-refractivity contribution in [3.05, 3.63) is 35.1 Å². The van der Waals surface area contributed by atoms with E-state index >= 15 is 0 Å². The van der Waals surface area contributed by atoms with E-state index in [1.165, 1.54) is 12.1 Å². The first-order valence-corrected chi connectivity index (χ1v) is 6.14. The summed E-state index contributed by atoms with van der Waals surface area (Å²) in [5.74, 6) is -0.248. The van der Waals surface area contributed by atoms with Gasteiger partial charge in [0.1, 0.15) is 5.82 Å². The Morgan fingerprint density at radius 1 is 1.39 bits per heavy atom. The van der Waals surface area contributed by atoms with Crippen molar-refractivity contribution in [3.8, 4) is 6.07 Å². The standard InChI is InChI=1S/C15H21FN2/c1-11(15(2,3)4)18(5)10-13-8-12(9-17)6-7-14(13)16/h6-8,11H,10H2,1-5H3. The third-order valence-corrected chi connectivity index (χ3v) is 3.51. The van der Waals surface area contributed by atoms with Gasteiger partial charge in [-0.05, 0) is 37.6 Å². The first-order valence-electron chi connectivity index (χ1n) is 6.14. The van der Waals surface area contributed by atoms with E-state index in [-0.39, 0.29) is 11.2 Å². The molecule has 2 nitrogen and oxygen atoms in total. The van der Waals surface area contributed by atoms with Crippen LogP contribution in [0.5, 0.6) is 0 Å². The fraction of sp³-hybridized carbons (Fsp3) is 0.533. The minimum absolute atomic E-state index is 0.137. The lowest BCUT2D eigenvalue weighted by molar-refractivity contribution is 0.133. The average molecular weight is 248 g/mol. The molecule has 3 heteroatoms. The molecule has 1 aromatic rings. The van der Waals surface area contributed by atoms with Crippen molar-refractivity contribution in [1.29, 1.82) is 5.26 Å². The van der Waals surface area contributed by atoms with Gasteiger partial charge in [0.2, 0.25) is 0 Å².